The van der Waals surface area contributed by atoms with E-state index in [1.807, 2.05) is 0 Å². The molecule has 0 aromatic carbocycles. The first-order valence-electron chi connectivity index (χ1n) is 1.27. The van der Waals surface area contributed by atoms with Crippen LogP contribution in [-0.2, 0) is 4.79 Å². The van der Waals surface area contributed by atoms with Crippen LogP contribution in [0.5, 0.6) is 0 Å². The summed E-state index contributed by atoms with van der Waals surface area (Å²) in [5.41, 5.74) is 0. The first-order chi connectivity index (χ1) is 2.91. The predicted octanol–water partition coefficient (Wildman–Crippen LogP) is -0.338. The molecule has 0 amide bonds. The first kappa shape index (κ1) is 11.0. The summed E-state index contributed by atoms with van der Waals surface area (Å²) in [6.07, 6.45) is 1.56. The Bertz CT molecular complexity index is 79.5. The Labute approximate surface area is 89.1 Å². The van der Waals surface area contributed by atoms with Crippen molar-refractivity contribution in [3.05, 3.63) is 0 Å². The summed E-state index contributed by atoms with van der Waals surface area (Å²) in [7, 11) is 0. The summed E-state index contributed by atoms with van der Waals surface area (Å²) in [5.74, 6) is 0.163. The van der Waals surface area contributed by atoms with Gasteiger partial charge in [-0.2, -0.15) is 5.26 Å². The van der Waals surface area contributed by atoms with Crippen LogP contribution >= 0.6 is 11.8 Å². The van der Waals surface area contributed by atoms with Crippen molar-refractivity contribution in [2.45, 2.75) is 0 Å². The molecule has 0 bridgehead atoms. The van der Waals surface area contributed by atoms with Crippen molar-refractivity contribution in [3.63, 3.8) is 0 Å². The molecule has 0 atom stereocenters. The summed E-state index contributed by atoms with van der Waals surface area (Å²) in [5, 5.41) is 9.45. The van der Waals surface area contributed by atoms with Crippen molar-refractivity contribution in [3.8, 4) is 5.40 Å². The van der Waals surface area contributed by atoms with Crippen LogP contribution in [0.25, 0.3) is 0 Å². The number of rotatable bonds is 2. The summed E-state index contributed by atoms with van der Waals surface area (Å²) >= 11 is 0.890. The third kappa shape index (κ3) is 11.0. The molecule has 0 aliphatic heterocycles. The Morgan fingerprint density at radius 1 is 1.71 bits per heavy atom. The van der Waals surface area contributed by atoms with Gasteiger partial charge < -0.3 is 0 Å². The van der Waals surface area contributed by atoms with Crippen molar-refractivity contribution in [2.75, 3.05) is 5.75 Å². The van der Waals surface area contributed by atoms with Crippen molar-refractivity contribution in [1.82, 2.24) is 0 Å². The van der Waals surface area contributed by atoms with Gasteiger partial charge in [-0.3, -0.25) is 4.79 Å². The van der Waals surface area contributed by atoms with Gasteiger partial charge >= 0.3 is 51.4 Å². The number of thiocyanates is 1. The van der Waals surface area contributed by atoms with Crippen LogP contribution in [0.15, 0.2) is 0 Å². The Morgan fingerprint density at radius 3 is 2.43 bits per heavy atom. The molecular formula is C3H3KNOS. The molecule has 0 fully saturated rings. The average Bonchev–Trinajstić information content (AvgIpc) is 1.61. The van der Waals surface area contributed by atoms with Crippen molar-refractivity contribution < 1.29 is 4.79 Å². The zero-order chi connectivity index (χ0) is 4.83. The van der Waals surface area contributed by atoms with Crippen LogP contribution < -0.4 is 0 Å². The third-order valence-electron chi connectivity index (χ3n) is 0.196. The van der Waals surface area contributed by atoms with Crippen molar-refractivity contribution >= 4 is 69.4 Å². The van der Waals surface area contributed by atoms with E-state index in [2.05, 4.69) is 0 Å². The number of nitrogens with zero attached hydrogens (tertiary/aromatic N) is 1. The molecule has 0 aliphatic carbocycles. The van der Waals surface area contributed by atoms with Gasteiger partial charge in [0.15, 0.2) is 0 Å². The SMILES string of the molecule is N#CSC[C]=O.[KH]. The van der Waals surface area contributed by atoms with Crippen LogP contribution in [0.1, 0.15) is 0 Å². The fourth-order valence-electron chi connectivity index (χ4n) is 0.0617. The number of carbonyl (C=O) groups excluding carboxylic acids is 1. The maximum atomic E-state index is 9.27. The van der Waals surface area contributed by atoms with Gasteiger partial charge in [0.2, 0.25) is 6.29 Å². The molecule has 2 nitrogen and oxygen atoms in total. The number of nitriles is 1. The van der Waals surface area contributed by atoms with E-state index >= 15 is 0 Å². The Balaban J connectivity index is 0. The zero-order valence-corrected chi connectivity index (χ0v) is 3.79. The van der Waals surface area contributed by atoms with E-state index in [0.717, 1.165) is 11.8 Å². The Hall–Kier alpha value is 1.15. The summed E-state index contributed by atoms with van der Waals surface area (Å²) in [6.45, 7) is 0. The van der Waals surface area contributed by atoms with Gasteiger partial charge in [-0.25, -0.2) is 0 Å². The van der Waals surface area contributed by atoms with Crippen LogP contribution in [0.4, 0.5) is 0 Å². The molecule has 0 heterocycles. The molecule has 0 saturated heterocycles. The monoisotopic (exact) mass is 140 g/mol. The van der Waals surface area contributed by atoms with Gasteiger partial charge in [-0.05, 0) is 11.8 Å². The van der Waals surface area contributed by atoms with Gasteiger partial charge in [0, 0.05) is 0 Å². The molecule has 4 heteroatoms. The number of hydrogen-bond donors (Lipinski definition) is 0. The molecule has 0 unspecified atom stereocenters. The van der Waals surface area contributed by atoms with Gasteiger partial charge in [0.1, 0.15) is 5.40 Å². The van der Waals surface area contributed by atoms with E-state index < -0.39 is 0 Å². The standard InChI is InChI=1S/C3H2NOS.K.H/c4-3-6-2-1-5;;/h2H2;;. The quantitative estimate of drug-likeness (QED) is 0.299. The molecule has 7 heavy (non-hydrogen) atoms. The summed E-state index contributed by atoms with van der Waals surface area (Å²) in [4.78, 5) is 9.27. The minimum atomic E-state index is 0. The van der Waals surface area contributed by atoms with Crippen molar-refractivity contribution in [1.29, 1.82) is 5.26 Å². The van der Waals surface area contributed by atoms with E-state index in [9.17, 15) is 4.79 Å². The van der Waals surface area contributed by atoms with E-state index in [4.69, 9.17) is 5.26 Å². The van der Waals surface area contributed by atoms with E-state index in [1.54, 1.807) is 11.7 Å². The van der Waals surface area contributed by atoms with Crippen LogP contribution in [0, 0.1) is 10.7 Å². The zero-order valence-electron chi connectivity index (χ0n) is 2.97. The molecule has 0 spiro atoms. The van der Waals surface area contributed by atoms with Gasteiger partial charge in [-0.15, -0.1) is 0 Å². The first-order valence-corrected chi connectivity index (χ1v) is 2.26. The maximum absolute atomic E-state index is 9.27. The fraction of sp³-hybridized carbons (Fsp3) is 0.333. The van der Waals surface area contributed by atoms with E-state index in [1.165, 1.54) is 0 Å². The molecule has 0 N–H and O–H groups in total. The predicted molar refractivity (Wildman–Crippen MR) is 30.9 cm³/mol. The summed E-state index contributed by atoms with van der Waals surface area (Å²) in [6, 6.07) is 0. The van der Waals surface area contributed by atoms with E-state index in [0.29, 0.717) is 0 Å². The minimum absolute atomic E-state index is 0. The fourth-order valence-corrected chi connectivity index (χ4v) is 0.185. The Kier molecular flexibility index (Phi) is 16.0. The molecule has 0 aliphatic rings. The topological polar surface area (TPSA) is 40.9 Å². The van der Waals surface area contributed by atoms with Gasteiger partial charge in [0.05, 0.1) is 5.75 Å². The second kappa shape index (κ2) is 10.2. The van der Waals surface area contributed by atoms with E-state index in [-0.39, 0.29) is 57.1 Å². The second-order valence-corrected chi connectivity index (χ2v) is 1.28. The number of thioether (sulfide) groups is 1. The Morgan fingerprint density at radius 2 is 2.29 bits per heavy atom. The third-order valence-corrected chi connectivity index (χ3v) is 0.587. The summed E-state index contributed by atoms with van der Waals surface area (Å²) < 4.78 is 0. The molecule has 0 rings (SSSR count). The van der Waals surface area contributed by atoms with Crippen molar-refractivity contribution in [2.24, 2.45) is 0 Å². The average molecular weight is 140 g/mol. The van der Waals surface area contributed by atoms with Gasteiger partial charge in [-0.1, -0.05) is 0 Å². The van der Waals surface area contributed by atoms with Crippen LogP contribution in [-0.4, -0.2) is 63.4 Å². The van der Waals surface area contributed by atoms with Gasteiger partial charge in [0.25, 0.3) is 0 Å². The molecule has 0 saturated carbocycles. The molecule has 33 valence electrons. The normalized spacial score (nSPS) is 5.57. The molecule has 1 radical (unpaired) electrons. The second-order valence-electron chi connectivity index (χ2n) is 0.524. The number of hydrogen-bond acceptors (Lipinski definition) is 3. The van der Waals surface area contributed by atoms with Crippen LogP contribution in [0.2, 0.25) is 0 Å². The molecule has 0 aromatic heterocycles. The van der Waals surface area contributed by atoms with Crippen LogP contribution in [0.3, 0.4) is 0 Å². The molecule has 0 aromatic rings. The molecular weight excluding hydrogens is 137 g/mol.